The molecule has 0 atom stereocenters. The van der Waals surface area contributed by atoms with Crippen LogP contribution in [0.3, 0.4) is 0 Å². The van der Waals surface area contributed by atoms with E-state index in [4.69, 9.17) is 0 Å². The number of nitrogens with zero attached hydrogens (tertiary/aromatic N) is 2. The van der Waals surface area contributed by atoms with E-state index in [-0.39, 0.29) is 5.41 Å². The van der Waals surface area contributed by atoms with Gasteiger partial charge in [0, 0.05) is 39.1 Å². The monoisotopic (exact) mass is 642 g/mol. The van der Waals surface area contributed by atoms with Crippen molar-refractivity contribution in [2.24, 2.45) is 0 Å². The standard InChI is InChI=1S/C48H38N2/c1-33-19-29-42-44(31-33)48(2,3)46-43-32-37(24-30-45(43)50(47(42)46)39-17-11-6-12-18-39)36-22-27-41(28-23-36)49(38-15-9-5-10-16-38)40-25-20-35(21-26-40)34-13-7-4-8-14-34/h4-32H,1-3H3. The Labute approximate surface area is 294 Å². The summed E-state index contributed by atoms with van der Waals surface area (Å²) in [6.07, 6.45) is 0. The summed E-state index contributed by atoms with van der Waals surface area (Å²) in [6, 6.07) is 63.9. The molecule has 7 aromatic carbocycles. The molecular weight excluding hydrogens is 605 g/mol. The highest BCUT2D eigenvalue weighted by Crippen LogP contribution is 2.54. The van der Waals surface area contributed by atoms with E-state index in [1.54, 1.807) is 0 Å². The van der Waals surface area contributed by atoms with Gasteiger partial charge in [-0.2, -0.15) is 0 Å². The van der Waals surface area contributed by atoms with Gasteiger partial charge in [-0.3, -0.25) is 0 Å². The van der Waals surface area contributed by atoms with Crippen LogP contribution in [0.15, 0.2) is 176 Å². The normalized spacial score (nSPS) is 12.9. The highest BCUT2D eigenvalue weighted by molar-refractivity contribution is 6.01. The quantitative estimate of drug-likeness (QED) is 0.175. The molecule has 0 saturated carbocycles. The van der Waals surface area contributed by atoms with Crippen LogP contribution in [-0.2, 0) is 5.41 Å². The van der Waals surface area contributed by atoms with Crippen LogP contribution in [0.25, 0.3) is 50.1 Å². The number of benzene rings is 7. The van der Waals surface area contributed by atoms with Crippen LogP contribution in [-0.4, -0.2) is 4.57 Å². The Balaban J connectivity index is 1.14. The number of aromatic nitrogens is 1. The van der Waals surface area contributed by atoms with Crippen LogP contribution >= 0.6 is 0 Å². The molecule has 0 N–H and O–H groups in total. The minimum absolute atomic E-state index is 0.121. The van der Waals surface area contributed by atoms with Gasteiger partial charge in [-0.1, -0.05) is 135 Å². The van der Waals surface area contributed by atoms with Crippen LogP contribution in [0.5, 0.6) is 0 Å². The summed E-state index contributed by atoms with van der Waals surface area (Å²) in [5.41, 5.74) is 17.3. The Hall–Kier alpha value is -6.12. The number of para-hydroxylation sites is 2. The maximum absolute atomic E-state index is 2.47. The van der Waals surface area contributed by atoms with E-state index in [2.05, 4.69) is 206 Å². The van der Waals surface area contributed by atoms with Crippen LogP contribution < -0.4 is 4.90 Å². The molecule has 1 aliphatic carbocycles. The molecule has 240 valence electrons. The second-order valence-electron chi connectivity index (χ2n) is 13.9. The molecule has 0 spiro atoms. The second kappa shape index (κ2) is 11.8. The van der Waals surface area contributed by atoms with Crippen molar-refractivity contribution in [2.75, 3.05) is 4.90 Å². The van der Waals surface area contributed by atoms with Crippen molar-refractivity contribution >= 4 is 28.0 Å². The number of fused-ring (bicyclic) bond motifs is 5. The Kier molecular flexibility index (Phi) is 7.07. The lowest BCUT2D eigenvalue weighted by atomic mass is 9.81. The fourth-order valence-corrected chi connectivity index (χ4v) is 7.98. The van der Waals surface area contributed by atoms with E-state index >= 15 is 0 Å². The van der Waals surface area contributed by atoms with E-state index in [1.165, 1.54) is 66.8 Å². The third-order valence-corrected chi connectivity index (χ3v) is 10.4. The summed E-state index contributed by atoms with van der Waals surface area (Å²) in [5.74, 6) is 0. The average molecular weight is 643 g/mol. The molecule has 1 aromatic heterocycles. The molecular formula is C48H38N2. The number of hydrogen-bond acceptors (Lipinski definition) is 1. The van der Waals surface area contributed by atoms with Gasteiger partial charge in [-0.05, 0) is 101 Å². The first kappa shape index (κ1) is 30.0. The zero-order valence-corrected chi connectivity index (χ0v) is 28.6. The molecule has 0 bridgehead atoms. The Morgan fingerprint density at radius 3 is 1.64 bits per heavy atom. The molecule has 0 aliphatic heterocycles. The van der Waals surface area contributed by atoms with Crippen LogP contribution in [0, 0.1) is 6.92 Å². The first-order valence-electron chi connectivity index (χ1n) is 17.4. The van der Waals surface area contributed by atoms with Crippen molar-refractivity contribution in [1.29, 1.82) is 0 Å². The molecule has 0 amide bonds. The Morgan fingerprint density at radius 2 is 1.00 bits per heavy atom. The van der Waals surface area contributed by atoms with Crippen molar-refractivity contribution in [1.82, 2.24) is 4.57 Å². The highest BCUT2D eigenvalue weighted by atomic mass is 15.1. The predicted octanol–water partition coefficient (Wildman–Crippen LogP) is 13.0. The van der Waals surface area contributed by atoms with Crippen molar-refractivity contribution < 1.29 is 0 Å². The van der Waals surface area contributed by atoms with E-state index in [0.717, 1.165) is 17.1 Å². The van der Waals surface area contributed by atoms with Gasteiger partial charge < -0.3 is 9.47 Å². The second-order valence-corrected chi connectivity index (χ2v) is 13.9. The van der Waals surface area contributed by atoms with E-state index in [0.29, 0.717) is 0 Å². The number of anilines is 3. The molecule has 1 aliphatic rings. The van der Waals surface area contributed by atoms with E-state index in [9.17, 15) is 0 Å². The molecule has 0 unspecified atom stereocenters. The van der Waals surface area contributed by atoms with Crippen molar-refractivity contribution in [3.05, 3.63) is 193 Å². The van der Waals surface area contributed by atoms with Gasteiger partial charge in [-0.15, -0.1) is 0 Å². The first-order valence-corrected chi connectivity index (χ1v) is 17.4. The Bertz CT molecular complexity index is 2470. The van der Waals surface area contributed by atoms with Crippen molar-refractivity contribution in [2.45, 2.75) is 26.2 Å². The first-order chi connectivity index (χ1) is 24.5. The Morgan fingerprint density at radius 1 is 0.480 bits per heavy atom. The summed E-state index contributed by atoms with van der Waals surface area (Å²) in [6.45, 7) is 6.97. The summed E-state index contributed by atoms with van der Waals surface area (Å²) in [4.78, 5) is 2.33. The third kappa shape index (κ3) is 4.87. The minimum atomic E-state index is -0.121. The van der Waals surface area contributed by atoms with E-state index < -0.39 is 0 Å². The molecule has 9 rings (SSSR count). The average Bonchev–Trinajstić information content (AvgIpc) is 3.62. The smallest absolute Gasteiger partial charge is 0.0585 e. The lowest BCUT2D eigenvalue weighted by Gasteiger charge is -2.26. The fourth-order valence-electron chi connectivity index (χ4n) is 7.98. The van der Waals surface area contributed by atoms with Crippen LogP contribution in [0.2, 0.25) is 0 Å². The SMILES string of the molecule is Cc1ccc2c(c1)C(C)(C)c1c-2n(-c2ccccc2)c2ccc(-c3ccc(N(c4ccccc4)c4ccc(-c5ccccc5)cc4)cc3)cc12. The molecule has 1 heterocycles. The third-order valence-electron chi connectivity index (χ3n) is 10.4. The van der Waals surface area contributed by atoms with E-state index in [1.807, 2.05) is 0 Å². The van der Waals surface area contributed by atoms with Crippen molar-refractivity contribution in [3.8, 4) is 39.2 Å². The predicted molar refractivity (Wildman–Crippen MR) is 211 cm³/mol. The maximum Gasteiger partial charge on any atom is 0.0585 e. The molecule has 0 radical (unpaired) electrons. The largest absolute Gasteiger partial charge is 0.311 e. The van der Waals surface area contributed by atoms with Gasteiger partial charge in [0.15, 0.2) is 0 Å². The topological polar surface area (TPSA) is 8.17 Å². The highest BCUT2D eigenvalue weighted by Gasteiger charge is 2.40. The van der Waals surface area contributed by atoms with Crippen LogP contribution in [0.4, 0.5) is 17.1 Å². The zero-order valence-electron chi connectivity index (χ0n) is 28.6. The van der Waals surface area contributed by atoms with Gasteiger partial charge >= 0.3 is 0 Å². The van der Waals surface area contributed by atoms with Gasteiger partial charge in [0.05, 0.1) is 11.2 Å². The molecule has 8 aromatic rings. The summed E-state index contributed by atoms with van der Waals surface area (Å²) >= 11 is 0. The molecule has 2 heteroatoms. The molecule has 0 fully saturated rings. The van der Waals surface area contributed by atoms with Crippen LogP contribution in [0.1, 0.15) is 30.5 Å². The fraction of sp³-hybridized carbons (Fsp3) is 0.0833. The van der Waals surface area contributed by atoms with Gasteiger partial charge in [0.25, 0.3) is 0 Å². The van der Waals surface area contributed by atoms with Gasteiger partial charge in [-0.25, -0.2) is 0 Å². The van der Waals surface area contributed by atoms with Gasteiger partial charge in [0.2, 0.25) is 0 Å². The summed E-state index contributed by atoms with van der Waals surface area (Å²) in [5, 5.41) is 1.31. The summed E-state index contributed by atoms with van der Waals surface area (Å²) in [7, 11) is 0. The molecule has 50 heavy (non-hydrogen) atoms. The summed E-state index contributed by atoms with van der Waals surface area (Å²) < 4.78 is 2.47. The van der Waals surface area contributed by atoms with Crippen molar-refractivity contribution in [3.63, 3.8) is 0 Å². The number of rotatable bonds is 6. The van der Waals surface area contributed by atoms with Gasteiger partial charge in [0.1, 0.15) is 0 Å². The maximum atomic E-state index is 2.47. The lowest BCUT2D eigenvalue weighted by molar-refractivity contribution is 0.665. The molecule has 0 saturated heterocycles. The number of hydrogen-bond donors (Lipinski definition) is 0. The molecule has 2 nitrogen and oxygen atoms in total. The number of aryl methyl sites for hydroxylation is 1. The zero-order chi connectivity index (χ0) is 33.8. The minimum Gasteiger partial charge on any atom is -0.311 e. The lowest BCUT2D eigenvalue weighted by Crippen LogP contribution is -2.15.